The second-order valence-corrected chi connectivity index (χ2v) is 6.47. The van der Waals surface area contributed by atoms with Gasteiger partial charge in [-0.25, -0.2) is 0 Å². The molecule has 46 valence electrons. The first-order valence-corrected chi connectivity index (χ1v) is 7.20. The van der Waals surface area contributed by atoms with Gasteiger partial charge in [-0.05, 0) is 0 Å². The summed E-state index contributed by atoms with van der Waals surface area (Å²) in [7, 11) is 1.83. The van der Waals surface area contributed by atoms with Gasteiger partial charge in [-0.15, -0.1) is 0 Å². The standard InChI is InChI=1S/C6H12O.Sn/c1-4-6(5-2)7-3;/h6H,1-2,4-5H2,3H3;. The van der Waals surface area contributed by atoms with Gasteiger partial charge < -0.3 is 0 Å². The summed E-state index contributed by atoms with van der Waals surface area (Å²) in [5.74, 6) is 0. The molecule has 0 aromatic carbocycles. The molecule has 0 aromatic rings. The van der Waals surface area contributed by atoms with E-state index in [0.29, 0.717) is 6.10 Å². The van der Waals surface area contributed by atoms with Crippen molar-refractivity contribution in [1.82, 2.24) is 0 Å². The van der Waals surface area contributed by atoms with Gasteiger partial charge in [-0.2, -0.15) is 0 Å². The molecule has 0 atom stereocenters. The Bertz CT molecular complexity index is 59.5. The molecule has 1 aliphatic rings. The van der Waals surface area contributed by atoms with Crippen LogP contribution in [0.15, 0.2) is 0 Å². The molecule has 0 spiro atoms. The summed E-state index contributed by atoms with van der Waals surface area (Å²) in [6.07, 6.45) is 3.36. The molecule has 8 heavy (non-hydrogen) atoms. The Morgan fingerprint density at radius 2 is 2.00 bits per heavy atom. The molecule has 2 heteroatoms. The van der Waals surface area contributed by atoms with Crippen molar-refractivity contribution in [3.05, 3.63) is 0 Å². The van der Waals surface area contributed by atoms with Gasteiger partial charge in [0, 0.05) is 0 Å². The van der Waals surface area contributed by atoms with Crippen LogP contribution in [0.4, 0.5) is 0 Å². The first kappa shape index (κ1) is 6.87. The van der Waals surface area contributed by atoms with E-state index >= 15 is 0 Å². The van der Waals surface area contributed by atoms with Crippen molar-refractivity contribution in [3.8, 4) is 0 Å². The van der Waals surface area contributed by atoms with Gasteiger partial charge in [0.15, 0.2) is 0 Å². The minimum absolute atomic E-state index is 0.157. The summed E-state index contributed by atoms with van der Waals surface area (Å²) in [6.45, 7) is 0. The SMILES string of the molecule is COC1C[CH2][Sn][CH2]C1. The molecule has 1 aliphatic heterocycles. The van der Waals surface area contributed by atoms with Crippen LogP contribution in [0, 0.1) is 0 Å². The molecule has 0 amide bonds. The van der Waals surface area contributed by atoms with Crippen molar-refractivity contribution in [1.29, 1.82) is 0 Å². The average Bonchev–Trinajstić information content (AvgIpc) is 1.90. The molecule has 0 aliphatic carbocycles. The Morgan fingerprint density at radius 1 is 1.38 bits per heavy atom. The summed E-state index contributed by atoms with van der Waals surface area (Å²) in [5.41, 5.74) is 0. The maximum absolute atomic E-state index is 5.22. The van der Waals surface area contributed by atoms with E-state index in [2.05, 4.69) is 0 Å². The van der Waals surface area contributed by atoms with Gasteiger partial charge in [-0.1, -0.05) is 0 Å². The van der Waals surface area contributed by atoms with Crippen LogP contribution in [-0.4, -0.2) is 34.4 Å². The van der Waals surface area contributed by atoms with Crippen LogP contribution in [0.1, 0.15) is 12.8 Å². The van der Waals surface area contributed by atoms with E-state index in [1.807, 2.05) is 7.11 Å². The van der Waals surface area contributed by atoms with Crippen molar-refractivity contribution in [2.75, 3.05) is 7.11 Å². The van der Waals surface area contributed by atoms with Crippen LogP contribution >= 0.6 is 0 Å². The first-order valence-electron chi connectivity index (χ1n) is 3.17. The van der Waals surface area contributed by atoms with Crippen LogP contribution in [0.25, 0.3) is 0 Å². The number of methoxy groups -OCH3 is 1. The molecule has 1 heterocycles. The number of ether oxygens (including phenoxy) is 1. The molecule has 0 N–H and O–H groups in total. The summed E-state index contributed by atoms with van der Waals surface area (Å²) >= 11 is 0.157. The Balaban J connectivity index is 2.13. The van der Waals surface area contributed by atoms with Crippen LogP contribution in [0.3, 0.4) is 0 Å². The van der Waals surface area contributed by atoms with Gasteiger partial charge in [-0.3, -0.25) is 0 Å². The van der Waals surface area contributed by atoms with Crippen LogP contribution in [0.2, 0.25) is 8.87 Å². The zero-order valence-corrected chi connectivity index (χ0v) is 8.17. The first-order chi connectivity index (χ1) is 3.93. The van der Waals surface area contributed by atoms with E-state index in [1.54, 1.807) is 8.87 Å². The second-order valence-electron chi connectivity index (χ2n) is 2.19. The van der Waals surface area contributed by atoms with Gasteiger partial charge in [0.2, 0.25) is 0 Å². The quantitative estimate of drug-likeness (QED) is 0.604. The number of hydrogen-bond donors (Lipinski definition) is 0. The zero-order chi connectivity index (χ0) is 5.82. The van der Waals surface area contributed by atoms with Gasteiger partial charge in [0.25, 0.3) is 0 Å². The molecule has 0 aromatic heterocycles. The fourth-order valence-corrected chi connectivity index (χ4v) is 4.75. The van der Waals surface area contributed by atoms with E-state index in [0.717, 1.165) is 0 Å². The molecule has 1 fully saturated rings. The van der Waals surface area contributed by atoms with E-state index in [-0.39, 0.29) is 21.1 Å². The Hall–Kier alpha value is 0.759. The van der Waals surface area contributed by atoms with E-state index < -0.39 is 0 Å². The fourth-order valence-electron chi connectivity index (χ4n) is 1.03. The molecule has 0 unspecified atom stereocenters. The van der Waals surface area contributed by atoms with Crippen LogP contribution < -0.4 is 0 Å². The molecular weight excluding hydrogens is 207 g/mol. The molecule has 1 nitrogen and oxygen atoms in total. The topological polar surface area (TPSA) is 9.23 Å². The van der Waals surface area contributed by atoms with Crippen molar-refractivity contribution in [2.45, 2.75) is 27.8 Å². The van der Waals surface area contributed by atoms with E-state index in [9.17, 15) is 0 Å². The van der Waals surface area contributed by atoms with Crippen molar-refractivity contribution >= 4 is 21.1 Å². The fraction of sp³-hybridized carbons (Fsp3) is 1.00. The number of rotatable bonds is 1. The third-order valence-electron chi connectivity index (χ3n) is 1.62. The number of hydrogen-bond acceptors (Lipinski definition) is 1. The molecular formula is C6H12OSn. The van der Waals surface area contributed by atoms with E-state index in [1.165, 1.54) is 12.8 Å². The molecule has 0 saturated carbocycles. The Labute approximate surface area is 61.0 Å². The Kier molecular flexibility index (Phi) is 3.20. The molecule has 1 rings (SSSR count). The van der Waals surface area contributed by atoms with E-state index in [4.69, 9.17) is 4.74 Å². The van der Waals surface area contributed by atoms with Crippen LogP contribution in [0.5, 0.6) is 0 Å². The van der Waals surface area contributed by atoms with Crippen molar-refractivity contribution in [3.63, 3.8) is 0 Å². The normalized spacial score (nSPS) is 23.6. The van der Waals surface area contributed by atoms with Gasteiger partial charge in [0.05, 0.1) is 0 Å². The Morgan fingerprint density at radius 3 is 2.38 bits per heavy atom. The second kappa shape index (κ2) is 3.72. The third-order valence-corrected chi connectivity index (χ3v) is 5.29. The molecule has 2 radical (unpaired) electrons. The maximum atomic E-state index is 5.22. The summed E-state index contributed by atoms with van der Waals surface area (Å²) in [5, 5.41) is 0. The van der Waals surface area contributed by atoms with Gasteiger partial charge in [0.1, 0.15) is 0 Å². The van der Waals surface area contributed by atoms with Crippen molar-refractivity contribution < 1.29 is 4.74 Å². The summed E-state index contributed by atoms with van der Waals surface area (Å²) in [6, 6.07) is 0. The summed E-state index contributed by atoms with van der Waals surface area (Å²) in [4.78, 5) is 0. The molecule has 1 saturated heterocycles. The van der Waals surface area contributed by atoms with Gasteiger partial charge >= 0.3 is 60.8 Å². The van der Waals surface area contributed by atoms with Crippen molar-refractivity contribution in [2.24, 2.45) is 0 Å². The van der Waals surface area contributed by atoms with Crippen LogP contribution in [-0.2, 0) is 4.74 Å². The molecule has 0 bridgehead atoms. The predicted octanol–water partition coefficient (Wildman–Crippen LogP) is 1.34. The average molecular weight is 219 g/mol. The zero-order valence-electron chi connectivity index (χ0n) is 5.31. The summed E-state index contributed by atoms with van der Waals surface area (Å²) < 4.78 is 8.31. The predicted molar refractivity (Wildman–Crippen MR) is 35.4 cm³/mol. The minimum atomic E-state index is 0.157. The third kappa shape index (κ3) is 1.94. The monoisotopic (exact) mass is 220 g/mol.